The van der Waals surface area contributed by atoms with Crippen molar-refractivity contribution in [3.63, 3.8) is 0 Å². The van der Waals surface area contributed by atoms with Crippen LogP contribution in [0, 0.1) is 6.92 Å². The number of hydrogen-bond acceptors (Lipinski definition) is 3. The predicted molar refractivity (Wildman–Crippen MR) is 54.8 cm³/mol. The lowest BCUT2D eigenvalue weighted by Gasteiger charge is -2.29. The zero-order valence-electron chi connectivity index (χ0n) is 9.30. The summed E-state index contributed by atoms with van der Waals surface area (Å²) < 4.78 is 38.5. The first kappa shape index (κ1) is 11.7. The maximum atomic E-state index is 12.4. The number of alkyl halides is 3. The molecule has 1 N–H and O–H groups in total. The highest BCUT2D eigenvalue weighted by molar-refractivity contribution is 6.01. The van der Waals surface area contributed by atoms with Crippen molar-refractivity contribution in [2.24, 2.45) is 7.05 Å². The minimum absolute atomic E-state index is 0.291. The summed E-state index contributed by atoms with van der Waals surface area (Å²) >= 11 is 0. The summed E-state index contributed by atoms with van der Waals surface area (Å²) in [6.45, 7) is 0.161. The summed E-state index contributed by atoms with van der Waals surface area (Å²) in [7, 11) is 1.55. The molecule has 5 nitrogen and oxygen atoms in total. The average molecular weight is 248 g/mol. The molecule has 0 radical (unpaired) electrons. The third-order valence-electron chi connectivity index (χ3n) is 2.46. The molecule has 1 aliphatic rings. The maximum absolute atomic E-state index is 12.4. The van der Waals surface area contributed by atoms with Crippen molar-refractivity contribution in [1.82, 2.24) is 9.78 Å². The summed E-state index contributed by atoms with van der Waals surface area (Å²) in [6.07, 6.45) is -4.35. The zero-order chi connectivity index (χ0) is 12.8. The topological polar surface area (TPSA) is 50.2 Å². The number of aromatic nitrogens is 2. The van der Waals surface area contributed by atoms with E-state index in [2.05, 4.69) is 10.4 Å². The minimum Gasteiger partial charge on any atom is -0.337 e. The number of nitrogens with one attached hydrogen (secondary N) is 1. The molecule has 0 aliphatic carbocycles. The van der Waals surface area contributed by atoms with Crippen LogP contribution in [0.25, 0.3) is 0 Å². The predicted octanol–water partition coefficient (Wildman–Crippen LogP) is 1.05. The largest absolute Gasteiger partial charge is 0.405 e. The molecular formula is C9H11F3N4O. The van der Waals surface area contributed by atoms with Crippen molar-refractivity contribution < 1.29 is 18.0 Å². The van der Waals surface area contributed by atoms with Crippen LogP contribution in [0.2, 0.25) is 0 Å². The molecule has 0 unspecified atom stereocenters. The fourth-order valence-corrected chi connectivity index (χ4v) is 1.93. The fraction of sp³-hybridized carbons (Fsp3) is 0.556. The highest BCUT2D eigenvalue weighted by atomic mass is 19.4. The zero-order valence-corrected chi connectivity index (χ0v) is 9.30. The Labute approximate surface area is 95.2 Å². The van der Waals surface area contributed by atoms with Crippen molar-refractivity contribution in [3.8, 4) is 0 Å². The Hall–Kier alpha value is -1.73. The summed E-state index contributed by atoms with van der Waals surface area (Å²) in [5.41, 5.74) is 0.857. The van der Waals surface area contributed by atoms with E-state index in [4.69, 9.17) is 0 Å². The molecule has 1 aromatic rings. The number of fused-ring (bicyclic) bond motifs is 1. The van der Waals surface area contributed by atoms with Gasteiger partial charge in [0.15, 0.2) is 5.82 Å². The van der Waals surface area contributed by atoms with E-state index < -0.39 is 18.6 Å². The Balaban J connectivity index is 2.40. The third kappa shape index (κ3) is 2.20. The molecule has 0 atom stereocenters. The van der Waals surface area contributed by atoms with Gasteiger partial charge in [-0.1, -0.05) is 0 Å². The van der Waals surface area contributed by atoms with E-state index in [9.17, 15) is 18.0 Å². The number of rotatable bonds is 1. The summed E-state index contributed by atoms with van der Waals surface area (Å²) in [6, 6.07) is 0. The lowest BCUT2D eigenvalue weighted by Crippen LogP contribution is -2.44. The lowest BCUT2D eigenvalue weighted by atomic mass is 10.2. The second-order valence-electron chi connectivity index (χ2n) is 3.93. The Morgan fingerprint density at radius 1 is 1.47 bits per heavy atom. The number of carbonyl (C=O) groups is 1. The molecule has 1 aliphatic heterocycles. The molecule has 94 valence electrons. The van der Waals surface area contributed by atoms with E-state index in [-0.39, 0.29) is 6.54 Å². The van der Waals surface area contributed by atoms with Gasteiger partial charge in [0, 0.05) is 7.05 Å². The molecule has 8 heteroatoms. The van der Waals surface area contributed by atoms with Gasteiger partial charge >= 0.3 is 6.18 Å². The van der Waals surface area contributed by atoms with E-state index in [1.165, 1.54) is 4.68 Å². The number of halogens is 3. The van der Waals surface area contributed by atoms with Crippen molar-refractivity contribution >= 4 is 17.4 Å². The van der Waals surface area contributed by atoms with Gasteiger partial charge in [-0.05, 0) is 6.92 Å². The Morgan fingerprint density at radius 3 is 2.71 bits per heavy atom. The monoisotopic (exact) mass is 248 g/mol. The quantitative estimate of drug-likeness (QED) is 0.808. The first-order valence-corrected chi connectivity index (χ1v) is 4.93. The first-order valence-electron chi connectivity index (χ1n) is 4.93. The molecule has 2 rings (SSSR count). The van der Waals surface area contributed by atoms with E-state index in [1.54, 1.807) is 14.0 Å². The number of aryl methyl sites for hydroxylation is 2. The van der Waals surface area contributed by atoms with Crippen molar-refractivity contribution in [3.05, 3.63) is 5.69 Å². The second-order valence-corrected chi connectivity index (χ2v) is 3.93. The fourth-order valence-electron chi connectivity index (χ4n) is 1.93. The maximum Gasteiger partial charge on any atom is 0.405 e. The molecule has 0 spiro atoms. The number of anilines is 2. The van der Waals surface area contributed by atoms with E-state index in [0.29, 0.717) is 17.2 Å². The van der Waals surface area contributed by atoms with Crippen LogP contribution >= 0.6 is 0 Å². The van der Waals surface area contributed by atoms with Gasteiger partial charge < -0.3 is 10.2 Å². The average Bonchev–Trinajstić information content (AvgIpc) is 2.39. The second kappa shape index (κ2) is 3.64. The minimum atomic E-state index is -4.35. The molecule has 0 saturated heterocycles. The van der Waals surface area contributed by atoms with Gasteiger partial charge in [0.2, 0.25) is 5.91 Å². The molecule has 17 heavy (non-hydrogen) atoms. The van der Waals surface area contributed by atoms with Crippen molar-refractivity contribution in [1.29, 1.82) is 0 Å². The molecule has 0 aromatic carbocycles. The van der Waals surface area contributed by atoms with Gasteiger partial charge in [-0.3, -0.25) is 9.48 Å². The van der Waals surface area contributed by atoms with Crippen LogP contribution in [0.3, 0.4) is 0 Å². The number of nitrogens with zero attached hydrogens (tertiary/aromatic N) is 3. The number of carbonyl (C=O) groups excluding carboxylic acids is 1. The smallest absolute Gasteiger partial charge is 0.337 e. The first-order chi connectivity index (χ1) is 7.78. The molecule has 0 fully saturated rings. The molecule has 0 saturated carbocycles. The van der Waals surface area contributed by atoms with Crippen LogP contribution in [0.15, 0.2) is 0 Å². The number of amides is 1. The van der Waals surface area contributed by atoms with Gasteiger partial charge in [-0.2, -0.15) is 18.3 Å². The van der Waals surface area contributed by atoms with Crippen LogP contribution in [0.4, 0.5) is 24.7 Å². The lowest BCUT2D eigenvalue weighted by molar-refractivity contribution is -0.122. The molecular weight excluding hydrogens is 237 g/mol. The molecule has 2 heterocycles. The van der Waals surface area contributed by atoms with E-state index in [0.717, 1.165) is 4.90 Å². The van der Waals surface area contributed by atoms with Gasteiger partial charge in [-0.25, -0.2) is 0 Å². The SMILES string of the molecule is Cc1nn(C)c2c1NC(=O)CN2CC(F)(F)F. The highest BCUT2D eigenvalue weighted by Gasteiger charge is 2.36. The Morgan fingerprint density at radius 2 is 2.12 bits per heavy atom. The van der Waals surface area contributed by atoms with Crippen LogP contribution < -0.4 is 10.2 Å². The van der Waals surface area contributed by atoms with Gasteiger partial charge in [0.05, 0.1) is 12.2 Å². The summed E-state index contributed by atoms with van der Waals surface area (Å²) in [5, 5.41) is 6.53. The van der Waals surface area contributed by atoms with Crippen molar-refractivity contribution in [2.45, 2.75) is 13.1 Å². The molecule has 0 bridgehead atoms. The van der Waals surface area contributed by atoms with E-state index >= 15 is 0 Å². The normalized spacial score (nSPS) is 15.8. The standard InChI is InChI=1S/C9H11F3N4O/c1-5-7-8(15(2)14-5)16(3-6(17)13-7)4-9(10,11)12/h3-4H2,1-2H3,(H,13,17). The van der Waals surface area contributed by atoms with Crippen LogP contribution in [-0.2, 0) is 11.8 Å². The van der Waals surface area contributed by atoms with Gasteiger partial charge in [0.25, 0.3) is 0 Å². The summed E-state index contributed by atoms with van der Waals surface area (Å²) in [5.74, 6) is -0.169. The Kier molecular flexibility index (Phi) is 2.52. The Bertz CT molecular complexity index is 466. The highest BCUT2D eigenvalue weighted by Crippen LogP contribution is 2.33. The van der Waals surface area contributed by atoms with Gasteiger partial charge in [-0.15, -0.1) is 0 Å². The van der Waals surface area contributed by atoms with Crippen molar-refractivity contribution in [2.75, 3.05) is 23.3 Å². The number of hydrogen-bond donors (Lipinski definition) is 1. The van der Waals surface area contributed by atoms with Crippen LogP contribution in [0.1, 0.15) is 5.69 Å². The molecule has 1 aromatic heterocycles. The van der Waals surface area contributed by atoms with Gasteiger partial charge in [0.1, 0.15) is 12.2 Å². The third-order valence-corrected chi connectivity index (χ3v) is 2.46. The van der Waals surface area contributed by atoms with E-state index in [1.807, 2.05) is 0 Å². The van der Waals surface area contributed by atoms with Crippen LogP contribution in [0.5, 0.6) is 0 Å². The molecule has 1 amide bonds. The summed E-state index contributed by atoms with van der Waals surface area (Å²) in [4.78, 5) is 12.3. The van der Waals surface area contributed by atoms with Crippen LogP contribution in [-0.4, -0.2) is 35.0 Å².